The first-order chi connectivity index (χ1) is 17.6. The molecule has 6 aromatic rings. The lowest BCUT2D eigenvalue weighted by Crippen LogP contribution is -2.26. The van der Waals surface area contributed by atoms with Gasteiger partial charge < -0.3 is 5.32 Å². The molecule has 0 spiro atoms. The molecule has 4 aromatic heterocycles. The second-order valence-corrected chi connectivity index (χ2v) is 9.32. The van der Waals surface area contributed by atoms with Crippen molar-refractivity contribution in [2.45, 2.75) is 13.0 Å². The van der Waals surface area contributed by atoms with Gasteiger partial charge in [-0.2, -0.15) is 0 Å². The van der Waals surface area contributed by atoms with Crippen molar-refractivity contribution in [1.82, 2.24) is 19.5 Å². The van der Waals surface area contributed by atoms with Gasteiger partial charge >= 0.3 is 0 Å². The number of para-hydroxylation sites is 1. The molecular weight excluding hydrogens is 473 g/mol. The smallest absolute Gasteiger partial charge is 0.263 e. The molecule has 2 aromatic carbocycles. The second-order valence-electron chi connectivity index (χ2n) is 8.43. The third kappa shape index (κ3) is 3.81. The topological polar surface area (TPSA) is 72.7 Å². The molecule has 0 saturated carbocycles. The quantitative estimate of drug-likeness (QED) is 0.302. The number of benzene rings is 2. The number of anilines is 1. The van der Waals surface area contributed by atoms with Crippen LogP contribution in [0.1, 0.15) is 18.7 Å². The van der Waals surface area contributed by atoms with Gasteiger partial charge in [0.1, 0.15) is 11.3 Å². The van der Waals surface area contributed by atoms with E-state index in [1.54, 1.807) is 33.8 Å². The van der Waals surface area contributed by atoms with Crippen LogP contribution < -0.4 is 10.9 Å². The van der Waals surface area contributed by atoms with Crippen LogP contribution in [0, 0.1) is 5.82 Å². The molecule has 0 bridgehead atoms. The van der Waals surface area contributed by atoms with E-state index in [9.17, 15) is 9.18 Å². The molecule has 0 fully saturated rings. The molecule has 8 heteroatoms. The maximum Gasteiger partial charge on any atom is 0.263 e. The Morgan fingerprint density at radius 2 is 1.86 bits per heavy atom. The van der Waals surface area contributed by atoms with Crippen LogP contribution in [0.25, 0.3) is 37.8 Å². The maximum atomic E-state index is 14.2. The Balaban J connectivity index is 1.58. The number of halogens is 1. The first-order valence-corrected chi connectivity index (χ1v) is 12.3. The molecule has 0 saturated heterocycles. The molecule has 176 valence electrons. The molecular formula is C28H20FN5OS. The van der Waals surface area contributed by atoms with E-state index in [0.29, 0.717) is 22.3 Å². The second kappa shape index (κ2) is 8.98. The fourth-order valence-electron chi connectivity index (χ4n) is 4.52. The zero-order valence-corrected chi connectivity index (χ0v) is 20.0. The summed E-state index contributed by atoms with van der Waals surface area (Å²) in [6.45, 7) is 1.99. The van der Waals surface area contributed by atoms with Crippen molar-refractivity contribution in [2.75, 3.05) is 5.32 Å². The fraction of sp³-hybridized carbons (Fsp3) is 0.0714. The number of nitrogens with zero attached hydrogens (tertiary/aromatic N) is 4. The van der Waals surface area contributed by atoms with Crippen molar-refractivity contribution in [1.29, 1.82) is 0 Å². The number of thiazole rings is 1. The Morgan fingerprint density at radius 1 is 1.00 bits per heavy atom. The molecule has 4 heterocycles. The summed E-state index contributed by atoms with van der Waals surface area (Å²) in [4.78, 5) is 27.1. The summed E-state index contributed by atoms with van der Waals surface area (Å²) in [5, 5.41) is 4.72. The molecule has 0 radical (unpaired) electrons. The minimum absolute atomic E-state index is 0.193. The highest BCUT2D eigenvalue weighted by Crippen LogP contribution is 2.31. The Hall–Kier alpha value is -4.43. The van der Waals surface area contributed by atoms with Crippen LogP contribution in [0.3, 0.4) is 0 Å². The number of rotatable bonds is 5. The van der Waals surface area contributed by atoms with E-state index in [0.717, 1.165) is 33.2 Å². The van der Waals surface area contributed by atoms with E-state index in [1.165, 1.54) is 6.07 Å². The summed E-state index contributed by atoms with van der Waals surface area (Å²) in [5.74, 6) is 0.207. The summed E-state index contributed by atoms with van der Waals surface area (Å²) in [5.41, 5.74) is 5.08. The molecule has 0 aliphatic heterocycles. The maximum absolute atomic E-state index is 14.2. The highest BCUT2D eigenvalue weighted by atomic mass is 32.1. The van der Waals surface area contributed by atoms with Crippen molar-refractivity contribution in [2.24, 2.45) is 0 Å². The van der Waals surface area contributed by atoms with Crippen molar-refractivity contribution in [3.63, 3.8) is 0 Å². The number of fused-ring (bicyclic) bond motifs is 2. The van der Waals surface area contributed by atoms with Crippen molar-refractivity contribution in [3.05, 3.63) is 113 Å². The van der Waals surface area contributed by atoms with Crippen LogP contribution in [0.4, 0.5) is 10.2 Å². The van der Waals surface area contributed by atoms with Crippen molar-refractivity contribution in [3.8, 4) is 16.8 Å². The molecule has 0 aliphatic carbocycles. The van der Waals surface area contributed by atoms with Gasteiger partial charge in [-0.25, -0.2) is 14.4 Å². The monoisotopic (exact) mass is 493 g/mol. The largest absolute Gasteiger partial charge is 0.360 e. The fourth-order valence-corrected chi connectivity index (χ4v) is 5.19. The standard InChI is InChI=1S/C28H20FN5OS/c1-17(33-27-26-24(10-11-31-27)36-16-32-26)23-13-18-6-5-9-22(19-12-20(29)15-30-14-19)25(18)28(35)34(23)21-7-3-2-4-8-21/h2-17H,1H3,(H,31,33)/t17-/m0/s1. The number of hydrogen-bond donors (Lipinski definition) is 1. The Kier molecular flexibility index (Phi) is 5.50. The van der Waals surface area contributed by atoms with Crippen LogP contribution in [-0.4, -0.2) is 19.5 Å². The van der Waals surface area contributed by atoms with Gasteiger partial charge in [0, 0.05) is 29.3 Å². The van der Waals surface area contributed by atoms with E-state index in [2.05, 4.69) is 20.3 Å². The van der Waals surface area contributed by atoms with Crippen LogP contribution in [0.5, 0.6) is 0 Å². The zero-order chi connectivity index (χ0) is 24.6. The van der Waals surface area contributed by atoms with E-state index >= 15 is 0 Å². The lowest BCUT2D eigenvalue weighted by atomic mass is 9.98. The Morgan fingerprint density at radius 3 is 2.69 bits per heavy atom. The van der Waals surface area contributed by atoms with E-state index in [1.807, 2.05) is 67.6 Å². The first kappa shape index (κ1) is 22.1. The van der Waals surface area contributed by atoms with Crippen LogP contribution >= 0.6 is 11.3 Å². The van der Waals surface area contributed by atoms with Crippen molar-refractivity contribution >= 4 is 38.1 Å². The predicted molar refractivity (Wildman–Crippen MR) is 142 cm³/mol. The Bertz CT molecular complexity index is 1780. The van der Waals surface area contributed by atoms with Crippen LogP contribution in [-0.2, 0) is 0 Å². The van der Waals surface area contributed by atoms with Crippen LogP contribution in [0.2, 0.25) is 0 Å². The number of hydrogen-bond acceptors (Lipinski definition) is 6. The average Bonchev–Trinajstić information content (AvgIpc) is 3.39. The van der Waals surface area contributed by atoms with Gasteiger partial charge in [0.25, 0.3) is 5.56 Å². The molecule has 6 nitrogen and oxygen atoms in total. The van der Waals surface area contributed by atoms with E-state index in [4.69, 9.17) is 0 Å². The zero-order valence-electron chi connectivity index (χ0n) is 19.2. The molecule has 1 N–H and O–H groups in total. The number of nitrogens with one attached hydrogen (secondary N) is 1. The lowest BCUT2D eigenvalue weighted by Gasteiger charge is -2.22. The average molecular weight is 494 g/mol. The van der Waals surface area contributed by atoms with Gasteiger partial charge in [-0.05, 0) is 48.2 Å². The van der Waals surface area contributed by atoms with E-state index in [-0.39, 0.29) is 11.6 Å². The van der Waals surface area contributed by atoms with E-state index < -0.39 is 5.82 Å². The van der Waals surface area contributed by atoms with Gasteiger partial charge in [0.05, 0.1) is 27.8 Å². The summed E-state index contributed by atoms with van der Waals surface area (Å²) < 4.78 is 16.7. The SMILES string of the molecule is C[C@H](Nc1nccc2scnc12)c1cc2cccc(-c3cncc(F)c3)c2c(=O)n1-c1ccccc1. The minimum Gasteiger partial charge on any atom is -0.360 e. The van der Waals surface area contributed by atoms with Gasteiger partial charge in [-0.1, -0.05) is 36.4 Å². The molecule has 6 rings (SSSR count). The molecule has 1 atom stereocenters. The van der Waals surface area contributed by atoms with Gasteiger partial charge in [0.2, 0.25) is 0 Å². The number of pyridine rings is 3. The summed E-state index contributed by atoms with van der Waals surface area (Å²) in [6.07, 6.45) is 4.47. The first-order valence-electron chi connectivity index (χ1n) is 11.4. The molecule has 0 unspecified atom stereocenters. The summed E-state index contributed by atoms with van der Waals surface area (Å²) >= 11 is 1.55. The number of aromatic nitrogens is 4. The summed E-state index contributed by atoms with van der Waals surface area (Å²) in [7, 11) is 0. The third-order valence-corrected chi connectivity index (χ3v) is 6.95. The van der Waals surface area contributed by atoms with Gasteiger partial charge in [-0.3, -0.25) is 14.3 Å². The van der Waals surface area contributed by atoms with Gasteiger partial charge in [-0.15, -0.1) is 11.3 Å². The molecule has 0 amide bonds. The van der Waals surface area contributed by atoms with Crippen LogP contribution in [0.15, 0.2) is 95.6 Å². The molecule has 0 aliphatic rings. The van der Waals surface area contributed by atoms with Crippen molar-refractivity contribution < 1.29 is 4.39 Å². The predicted octanol–water partition coefficient (Wildman–Crippen LogP) is 6.37. The van der Waals surface area contributed by atoms with Gasteiger partial charge in [0.15, 0.2) is 5.82 Å². The third-order valence-electron chi connectivity index (χ3n) is 6.15. The summed E-state index contributed by atoms with van der Waals surface area (Å²) in [6, 6.07) is 20.1. The normalized spacial score (nSPS) is 12.2. The highest BCUT2D eigenvalue weighted by molar-refractivity contribution is 7.16. The lowest BCUT2D eigenvalue weighted by molar-refractivity contribution is 0.622. The minimum atomic E-state index is -0.453. The molecule has 36 heavy (non-hydrogen) atoms. The Labute approximate surface area is 209 Å². The highest BCUT2D eigenvalue weighted by Gasteiger charge is 2.20.